The van der Waals surface area contributed by atoms with Gasteiger partial charge in [0.05, 0.1) is 17.3 Å². The zero-order chi connectivity index (χ0) is 9.68. The molecule has 0 aliphatic rings. The van der Waals surface area contributed by atoms with E-state index in [4.69, 9.17) is 22.1 Å². The first-order valence-corrected chi connectivity index (χ1v) is 4.65. The van der Waals surface area contributed by atoms with E-state index in [0.717, 1.165) is 12.8 Å². The van der Waals surface area contributed by atoms with Crippen molar-refractivity contribution in [2.24, 2.45) is 0 Å². The predicted octanol–water partition coefficient (Wildman–Crippen LogP) is 2.50. The lowest BCUT2D eigenvalue weighted by Gasteiger charge is -2.06. The van der Waals surface area contributed by atoms with Crippen LogP contribution < -0.4 is 10.5 Å². The third-order valence-corrected chi connectivity index (χ3v) is 1.79. The number of pyridine rings is 1. The molecule has 2 N–H and O–H groups in total. The number of rotatable bonds is 4. The lowest BCUT2D eigenvalue weighted by Crippen LogP contribution is -2.01. The Bertz CT molecular complexity index is 278. The van der Waals surface area contributed by atoms with Gasteiger partial charge in [-0.2, -0.15) is 0 Å². The largest absolute Gasteiger partial charge is 0.476 e. The van der Waals surface area contributed by atoms with Gasteiger partial charge in [0.1, 0.15) is 0 Å². The predicted molar refractivity (Wildman–Crippen MR) is 54.1 cm³/mol. The van der Waals surface area contributed by atoms with Gasteiger partial charge in [-0.3, -0.25) is 0 Å². The van der Waals surface area contributed by atoms with Gasteiger partial charge in [0, 0.05) is 6.20 Å². The summed E-state index contributed by atoms with van der Waals surface area (Å²) < 4.78 is 5.34. The van der Waals surface area contributed by atoms with Crippen LogP contribution in [0, 0.1) is 0 Å². The Balaban J connectivity index is 2.56. The van der Waals surface area contributed by atoms with Crippen molar-refractivity contribution in [3.8, 4) is 5.88 Å². The van der Waals surface area contributed by atoms with Crippen molar-refractivity contribution < 1.29 is 4.74 Å². The maximum atomic E-state index is 5.68. The van der Waals surface area contributed by atoms with Crippen LogP contribution in [0.1, 0.15) is 19.8 Å². The molecule has 0 aliphatic carbocycles. The van der Waals surface area contributed by atoms with Crippen molar-refractivity contribution in [3.05, 3.63) is 17.3 Å². The third-order valence-electron chi connectivity index (χ3n) is 1.58. The molecule has 0 bridgehead atoms. The molecule has 1 heterocycles. The average molecular weight is 201 g/mol. The summed E-state index contributed by atoms with van der Waals surface area (Å²) in [6.45, 7) is 2.75. The maximum Gasteiger partial charge on any atom is 0.237 e. The number of nitrogen functional groups attached to an aromatic ring is 1. The molecule has 4 heteroatoms. The molecule has 0 radical (unpaired) electrons. The van der Waals surface area contributed by atoms with Crippen LogP contribution in [0.5, 0.6) is 5.88 Å². The van der Waals surface area contributed by atoms with Gasteiger partial charge in [0.2, 0.25) is 5.88 Å². The van der Waals surface area contributed by atoms with Crippen molar-refractivity contribution in [1.29, 1.82) is 0 Å². The van der Waals surface area contributed by atoms with Crippen LogP contribution in [0.25, 0.3) is 0 Å². The number of nitrogens with zero attached hydrogens (tertiary/aromatic N) is 1. The standard InChI is InChI=1S/C9H13ClN2O/c1-2-3-4-13-9-8(11)5-7(10)6-12-9/h5-6H,2-4,11H2,1H3. The molecule has 1 rings (SSSR count). The van der Waals surface area contributed by atoms with Crippen LogP contribution in [-0.4, -0.2) is 11.6 Å². The van der Waals surface area contributed by atoms with Crippen molar-refractivity contribution in [3.63, 3.8) is 0 Å². The molecule has 0 saturated carbocycles. The number of halogens is 1. The van der Waals surface area contributed by atoms with E-state index in [0.29, 0.717) is 23.2 Å². The fourth-order valence-corrected chi connectivity index (χ4v) is 1.04. The highest BCUT2D eigenvalue weighted by atomic mass is 35.5. The third kappa shape index (κ3) is 3.11. The minimum atomic E-state index is 0.470. The van der Waals surface area contributed by atoms with E-state index in [1.807, 2.05) is 0 Å². The fourth-order valence-electron chi connectivity index (χ4n) is 0.876. The summed E-state index contributed by atoms with van der Waals surface area (Å²) in [5.41, 5.74) is 6.12. The Kier molecular flexibility index (Phi) is 3.83. The Morgan fingerprint density at radius 2 is 2.38 bits per heavy atom. The van der Waals surface area contributed by atoms with Crippen molar-refractivity contribution in [1.82, 2.24) is 4.98 Å². The monoisotopic (exact) mass is 200 g/mol. The molecule has 0 spiro atoms. The lowest BCUT2D eigenvalue weighted by molar-refractivity contribution is 0.299. The van der Waals surface area contributed by atoms with Gasteiger partial charge in [-0.15, -0.1) is 0 Å². The molecule has 13 heavy (non-hydrogen) atoms. The second kappa shape index (κ2) is 4.92. The van der Waals surface area contributed by atoms with Gasteiger partial charge in [0.15, 0.2) is 0 Å². The molecule has 3 nitrogen and oxygen atoms in total. The summed E-state index contributed by atoms with van der Waals surface area (Å²) in [6, 6.07) is 1.63. The molecular weight excluding hydrogens is 188 g/mol. The second-order valence-corrected chi connectivity index (χ2v) is 3.19. The smallest absolute Gasteiger partial charge is 0.237 e. The summed E-state index contributed by atoms with van der Waals surface area (Å²) >= 11 is 5.68. The molecule has 0 amide bonds. The van der Waals surface area contributed by atoms with E-state index in [9.17, 15) is 0 Å². The van der Waals surface area contributed by atoms with Crippen LogP contribution >= 0.6 is 11.6 Å². The number of nitrogens with two attached hydrogens (primary N) is 1. The quantitative estimate of drug-likeness (QED) is 0.760. The number of unbranched alkanes of at least 4 members (excludes halogenated alkanes) is 1. The van der Waals surface area contributed by atoms with Crippen LogP contribution in [0.3, 0.4) is 0 Å². The van der Waals surface area contributed by atoms with Crippen LogP contribution in [0.15, 0.2) is 12.3 Å². The summed E-state index contributed by atoms with van der Waals surface area (Å²) in [4.78, 5) is 3.97. The molecule has 1 aromatic heterocycles. The van der Waals surface area contributed by atoms with Crippen LogP contribution in [-0.2, 0) is 0 Å². The highest BCUT2D eigenvalue weighted by molar-refractivity contribution is 6.30. The van der Waals surface area contributed by atoms with Crippen molar-refractivity contribution >= 4 is 17.3 Å². The zero-order valence-electron chi connectivity index (χ0n) is 7.59. The minimum absolute atomic E-state index is 0.470. The number of aromatic nitrogens is 1. The van der Waals surface area contributed by atoms with Gasteiger partial charge in [-0.05, 0) is 12.5 Å². The summed E-state index contributed by atoms with van der Waals surface area (Å²) in [7, 11) is 0. The SMILES string of the molecule is CCCCOc1ncc(Cl)cc1N. The minimum Gasteiger partial charge on any atom is -0.476 e. The van der Waals surface area contributed by atoms with E-state index in [1.165, 1.54) is 6.20 Å². The molecule has 0 fully saturated rings. The van der Waals surface area contributed by atoms with Crippen LogP contribution in [0.2, 0.25) is 5.02 Å². The fraction of sp³-hybridized carbons (Fsp3) is 0.444. The molecule has 0 aliphatic heterocycles. The van der Waals surface area contributed by atoms with E-state index < -0.39 is 0 Å². The molecule has 1 aromatic rings. The van der Waals surface area contributed by atoms with Gasteiger partial charge in [0.25, 0.3) is 0 Å². The average Bonchev–Trinajstić information content (AvgIpc) is 2.09. The topological polar surface area (TPSA) is 48.1 Å². The normalized spacial score (nSPS) is 10.0. The van der Waals surface area contributed by atoms with Crippen LogP contribution in [0.4, 0.5) is 5.69 Å². The Hall–Kier alpha value is -0.960. The number of anilines is 1. The van der Waals surface area contributed by atoms with Crippen molar-refractivity contribution in [2.45, 2.75) is 19.8 Å². The molecule has 0 saturated heterocycles. The highest BCUT2D eigenvalue weighted by Crippen LogP contribution is 2.21. The molecule has 0 aromatic carbocycles. The summed E-state index contributed by atoms with van der Waals surface area (Å²) in [5.74, 6) is 0.470. The first-order chi connectivity index (χ1) is 6.24. The Morgan fingerprint density at radius 3 is 3.00 bits per heavy atom. The van der Waals surface area contributed by atoms with Crippen molar-refractivity contribution in [2.75, 3.05) is 12.3 Å². The van der Waals surface area contributed by atoms with E-state index in [-0.39, 0.29) is 0 Å². The lowest BCUT2D eigenvalue weighted by atomic mass is 10.3. The molecule has 0 atom stereocenters. The van der Waals surface area contributed by atoms with E-state index in [1.54, 1.807) is 6.07 Å². The van der Waals surface area contributed by atoms with Gasteiger partial charge < -0.3 is 10.5 Å². The Labute approximate surface area is 82.9 Å². The number of hydrogen-bond acceptors (Lipinski definition) is 3. The molecular formula is C9H13ClN2O. The first-order valence-electron chi connectivity index (χ1n) is 4.28. The van der Waals surface area contributed by atoms with Gasteiger partial charge in [-0.1, -0.05) is 24.9 Å². The zero-order valence-corrected chi connectivity index (χ0v) is 8.34. The summed E-state index contributed by atoms with van der Waals surface area (Å²) in [6.07, 6.45) is 3.62. The molecule has 72 valence electrons. The van der Waals surface area contributed by atoms with Gasteiger partial charge in [-0.25, -0.2) is 4.98 Å². The number of hydrogen-bond donors (Lipinski definition) is 1. The maximum absolute atomic E-state index is 5.68. The Morgan fingerprint density at radius 1 is 1.62 bits per heavy atom. The van der Waals surface area contributed by atoms with E-state index in [2.05, 4.69) is 11.9 Å². The van der Waals surface area contributed by atoms with Gasteiger partial charge >= 0.3 is 0 Å². The second-order valence-electron chi connectivity index (χ2n) is 2.75. The highest BCUT2D eigenvalue weighted by Gasteiger charge is 2.01. The summed E-state index contributed by atoms with van der Waals surface area (Å²) in [5, 5.41) is 0.528. The number of ether oxygens (including phenoxy) is 1. The molecule has 0 unspecified atom stereocenters. The first kappa shape index (κ1) is 10.1. The van der Waals surface area contributed by atoms with E-state index >= 15 is 0 Å².